The topological polar surface area (TPSA) is 123 Å². The lowest BCUT2D eigenvalue weighted by Crippen LogP contribution is -2.62. The molecule has 2 aromatic rings. The monoisotopic (exact) mass is 646 g/mol. The van der Waals surface area contributed by atoms with Crippen LogP contribution in [0.2, 0.25) is 0 Å². The third-order valence-corrected chi connectivity index (χ3v) is 11.7. The predicted molar refractivity (Wildman–Crippen MR) is 179 cm³/mol. The van der Waals surface area contributed by atoms with Crippen LogP contribution in [-0.2, 0) is 11.3 Å². The Balaban J connectivity index is 1.26. The van der Waals surface area contributed by atoms with Gasteiger partial charge in [0.15, 0.2) is 0 Å². The summed E-state index contributed by atoms with van der Waals surface area (Å²) < 4.78 is 1.50. The number of aromatic nitrogens is 1. The van der Waals surface area contributed by atoms with Gasteiger partial charge in [-0.25, -0.2) is 4.79 Å². The molecule has 10 nitrogen and oxygen atoms in total. The molecule has 2 aliphatic heterocycles. The molecule has 0 bridgehead atoms. The molecule has 2 aliphatic carbocycles. The van der Waals surface area contributed by atoms with Crippen LogP contribution in [0.4, 0.5) is 4.79 Å². The van der Waals surface area contributed by atoms with Crippen LogP contribution in [0.15, 0.2) is 47.4 Å². The van der Waals surface area contributed by atoms with Gasteiger partial charge in [-0.3, -0.25) is 14.4 Å². The summed E-state index contributed by atoms with van der Waals surface area (Å²) in [5, 5.41) is 21.9. The van der Waals surface area contributed by atoms with Crippen LogP contribution in [0.1, 0.15) is 87.9 Å². The first-order valence-electron chi connectivity index (χ1n) is 17.7. The van der Waals surface area contributed by atoms with Gasteiger partial charge < -0.3 is 29.5 Å². The van der Waals surface area contributed by atoms with Gasteiger partial charge in [-0.2, -0.15) is 0 Å². The Bertz CT molecular complexity index is 1500. The van der Waals surface area contributed by atoms with Crippen molar-refractivity contribution in [1.29, 1.82) is 0 Å². The summed E-state index contributed by atoms with van der Waals surface area (Å²) in [5.74, 6) is 0.497. The number of carbonyl (C=O) groups excluding carboxylic acids is 2. The predicted octanol–water partition coefficient (Wildman–Crippen LogP) is 5.08. The number of amides is 3. The quantitative estimate of drug-likeness (QED) is 0.433. The molecule has 2 N–H and O–H groups in total. The van der Waals surface area contributed by atoms with Crippen molar-refractivity contribution in [2.45, 2.75) is 89.7 Å². The lowest BCUT2D eigenvalue weighted by molar-refractivity contribution is -0.163. The number of piperidine rings is 1. The average Bonchev–Trinajstić information content (AvgIpc) is 3.57. The molecule has 4 fully saturated rings. The molecule has 6 rings (SSSR count). The smallest absolute Gasteiger partial charge is 0.407 e. The zero-order valence-corrected chi connectivity index (χ0v) is 27.7. The van der Waals surface area contributed by atoms with Gasteiger partial charge in [-0.15, -0.1) is 0 Å². The maximum atomic E-state index is 14.0. The van der Waals surface area contributed by atoms with E-state index in [-0.39, 0.29) is 56.0 Å². The highest BCUT2D eigenvalue weighted by atomic mass is 16.4. The Morgan fingerprint density at radius 3 is 2.19 bits per heavy atom. The number of carboxylic acid groups (broad SMARTS) is 1. The summed E-state index contributed by atoms with van der Waals surface area (Å²) >= 11 is 0. The molecule has 10 heteroatoms. The molecule has 1 spiro atoms. The minimum atomic E-state index is -1.21. The standard InChI is InChI=1S/C37H50N4O6/c1-27(22-28-10-4-2-5-11-28)33(43)40-17-16-37(47,36(25-40)14-8-9-15-36)26-41-24-31(30(23-32(41)42)29-12-6-3-7-13-29)34(44)38-18-20-39(21-19-38)35(45)46/h3,6-7,12-13,23-24,27-28,47H,2,4-5,8-11,14-22,25-26H2,1H3,(H,45,46)/t27?,37-/m1/s1. The molecule has 0 radical (unpaired) electrons. The fourth-order valence-corrected chi connectivity index (χ4v) is 8.90. The highest BCUT2D eigenvalue weighted by Gasteiger charge is 2.56. The zero-order valence-electron chi connectivity index (χ0n) is 27.7. The second kappa shape index (κ2) is 13.8. The highest BCUT2D eigenvalue weighted by Crippen LogP contribution is 2.52. The Kier molecular flexibility index (Phi) is 9.78. The maximum Gasteiger partial charge on any atom is 0.407 e. The highest BCUT2D eigenvalue weighted by molar-refractivity contribution is 6.00. The first-order valence-corrected chi connectivity index (χ1v) is 17.7. The number of pyridine rings is 1. The van der Waals surface area contributed by atoms with Crippen molar-refractivity contribution in [2.75, 3.05) is 39.3 Å². The Morgan fingerprint density at radius 1 is 0.872 bits per heavy atom. The van der Waals surface area contributed by atoms with Gasteiger partial charge in [-0.05, 0) is 37.2 Å². The Morgan fingerprint density at radius 2 is 1.53 bits per heavy atom. The van der Waals surface area contributed by atoms with Gasteiger partial charge in [0.05, 0.1) is 17.7 Å². The van der Waals surface area contributed by atoms with Crippen LogP contribution in [0.5, 0.6) is 0 Å². The van der Waals surface area contributed by atoms with E-state index >= 15 is 0 Å². The molecule has 1 unspecified atom stereocenters. The summed E-state index contributed by atoms with van der Waals surface area (Å²) in [6, 6.07) is 10.8. The summed E-state index contributed by atoms with van der Waals surface area (Å²) in [6.07, 6.45) is 11.6. The van der Waals surface area contributed by atoms with Gasteiger partial charge in [0.2, 0.25) is 5.91 Å². The molecule has 254 valence electrons. The lowest BCUT2D eigenvalue weighted by atomic mass is 9.65. The summed E-state index contributed by atoms with van der Waals surface area (Å²) in [6.45, 7) is 4.01. The molecule has 47 heavy (non-hydrogen) atoms. The number of likely N-dealkylation sites (tertiary alicyclic amines) is 1. The number of nitrogens with zero attached hydrogens (tertiary/aromatic N) is 4. The van der Waals surface area contributed by atoms with Crippen LogP contribution in [0.25, 0.3) is 11.1 Å². The first-order chi connectivity index (χ1) is 22.6. The van der Waals surface area contributed by atoms with Crippen LogP contribution < -0.4 is 5.56 Å². The van der Waals surface area contributed by atoms with Crippen molar-refractivity contribution in [3.63, 3.8) is 0 Å². The van der Waals surface area contributed by atoms with Crippen molar-refractivity contribution in [3.8, 4) is 11.1 Å². The second-order valence-electron chi connectivity index (χ2n) is 14.7. The van der Waals surface area contributed by atoms with Crippen molar-refractivity contribution >= 4 is 17.9 Å². The van der Waals surface area contributed by atoms with E-state index < -0.39 is 17.1 Å². The van der Waals surface area contributed by atoms with Crippen molar-refractivity contribution in [2.24, 2.45) is 17.3 Å². The van der Waals surface area contributed by atoms with E-state index in [1.165, 1.54) is 47.6 Å². The summed E-state index contributed by atoms with van der Waals surface area (Å²) in [7, 11) is 0. The maximum absolute atomic E-state index is 14.0. The minimum Gasteiger partial charge on any atom is -0.465 e. The van der Waals surface area contributed by atoms with E-state index in [4.69, 9.17) is 0 Å². The van der Waals surface area contributed by atoms with Crippen LogP contribution >= 0.6 is 0 Å². The number of hydrogen-bond donors (Lipinski definition) is 2. The van der Waals surface area contributed by atoms with E-state index in [1.807, 2.05) is 35.2 Å². The number of aliphatic hydroxyl groups is 1. The number of carbonyl (C=O) groups is 3. The summed E-state index contributed by atoms with van der Waals surface area (Å²) in [4.78, 5) is 57.9. The molecular weight excluding hydrogens is 596 g/mol. The van der Waals surface area contributed by atoms with Gasteiger partial charge in [0.1, 0.15) is 0 Å². The zero-order chi connectivity index (χ0) is 33.2. The van der Waals surface area contributed by atoms with Gasteiger partial charge in [0, 0.05) is 68.4 Å². The number of hydrogen-bond acceptors (Lipinski definition) is 5. The van der Waals surface area contributed by atoms with Gasteiger partial charge >= 0.3 is 6.09 Å². The van der Waals surface area contributed by atoms with E-state index in [1.54, 1.807) is 11.1 Å². The number of rotatable bonds is 7. The molecule has 2 saturated carbocycles. The number of benzene rings is 1. The minimum absolute atomic E-state index is 0.0400. The molecule has 1 aromatic heterocycles. The molecule has 3 heterocycles. The van der Waals surface area contributed by atoms with Crippen LogP contribution in [0, 0.1) is 17.3 Å². The lowest BCUT2D eigenvalue weighted by Gasteiger charge is -2.53. The Hall–Kier alpha value is -3.66. The normalized spacial score (nSPS) is 24.0. The molecule has 3 amide bonds. The number of piperazine rings is 1. The van der Waals surface area contributed by atoms with Crippen LogP contribution in [-0.4, -0.2) is 92.3 Å². The Labute approximate surface area is 277 Å². The van der Waals surface area contributed by atoms with E-state index in [0.29, 0.717) is 36.6 Å². The van der Waals surface area contributed by atoms with Crippen molar-refractivity contribution in [1.82, 2.24) is 19.3 Å². The van der Waals surface area contributed by atoms with Crippen molar-refractivity contribution < 1.29 is 24.6 Å². The molecule has 2 atom stereocenters. The first kappa shape index (κ1) is 33.2. The second-order valence-corrected chi connectivity index (χ2v) is 14.7. The largest absolute Gasteiger partial charge is 0.465 e. The molecular formula is C37H50N4O6. The van der Waals surface area contributed by atoms with Crippen molar-refractivity contribution in [3.05, 3.63) is 58.5 Å². The average molecular weight is 647 g/mol. The van der Waals surface area contributed by atoms with Gasteiger partial charge in [0.25, 0.3) is 11.5 Å². The molecule has 4 aliphatic rings. The fourth-order valence-electron chi connectivity index (χ4n) is 8.90. The van der Waals surface area contributed by atoms with Crippen LogP contribution in [0.3, 0.4) is 0 Å². The third kappa shape index (κ3) is 6.84. The molecule has 1 aromatic carbocycles. The molecule has 2 saturated heterocycles. The van der Waals surface area contributed by atoms with E-state index in [9.17, 15) is 29.4 Å². The fraction of sp³-hybridized carbons (Fsp3) is 0.622. The van der Waals surface area contributed by atoms with Gasteiger partial charge in [-0.1, -0.05) is 82.2 Å². The summed E-state index contributed by atoms with van der Waals surface area (Å²) in [5.41, 5.74) is -0.402. The SMILES string of the molecule is CC(CC1CCCCC1)C(=O)N1CC[C@@](O)(Cn2cc(C(=O)N3CCN(C(=O)O)CC3)c(-c3ccccc3)cc2=O)C2(CCCC2)C1. The van der Waals surface area contributed by atoms with E-state index in [0.717, 1.165) is 37.7 Å². The van der Waals surface area contributed by atoms with E-state index in [2.05, 4.69) is 6.92 Å². The third-order valence-electron chi connectivity index (χ3n) is 11.7.